The third-order valence-corrected chi connectivity index (χ3v) is 2.67. The van der Waals surface area contributed by atoms with Crippen molar-refractivity contribution in [2.75, 3.05) is 5.73 Å². The van der Waals surface area contributed by atoms with Crippen LogP contribution in [0.1, 0.15) is 16.1 Å². The molecule has 0 aliphatic heterocycles. The van der Waals surface area contributed by atoms with Gasteiger partial charge in [0.05, 0.1) is 5.69 Å². The summed E-state index contributed by atoms with van der Waals surface area (Å²) in [7, 11) is 0. The largest absolute Gasteiger partial charge is 0.383 e. The second kappa shape index (κ2) is 4.09. The van der Waals surface area contributed by atoms with Crippen LogP contribution in [0.25, 0.3) is 0 Å². The van der Waals surface area contributed by atoms with Crippen LogP contribution < -0.4 is 5.73 Å². The normalized spacial score (nSPS) is 10.4. The lowest BCUT2D eigenvalue weighted by Crippen LogP contribution is -2.15. The van der Waals surface area contributed by atoms with Crippen LogP contribution in [0.2, 0.25) is 0 Å². The summed E-state index contributed by atoms with van der Waals surface area (Å²) < 4.78 is 2.13. The standard InChI is InChI=1S/C11H10BrN3O/c1-7-6-10(13)15(14-7)11(16)8-2-4-9(12)5-3-8/h2-6H,13H2,1H3. The number of nitrogens with two attached hydrogens (primary N) is 1. The van der Waals surface area contributed by atoms with Crippen LogP contribution in [0.4, 0.5) is 5.82 Å². The topological polar surface area (TPSA) is 60.9 Å². The van der Waals surface area contributed by atoms with E-state index >= 15 is 0 Å². The number of aromatic nitrogens is 2. The maximum absolute atomic E-state index is 12.0. The van der Waals surface area contributed by atoms with E-state index in [4.69, 9.17) is 5.73 Å². The molecule has 2 N–H and O–H groups in total. The third kappa shape index (κ3) is 1.99. The van der Waals surface area contributed by atoms with Gasteiger partial charge in [-0.1, -0.05) is 15.9 Å². The molecule has 0 aliphatic carbocycles. The van der Waals surface area contributed by atoms with Gasteiger partial charge in [-0.3, -0.25) is 4.79 Å². The lowest BCUT2D eigenvalue weighted by atomic mass is 10.2. The molecule has 1 heterocycles. The number of nitrogen functional groups attached to an aromatic ring is 1. The van der Waals surface area contributed by atoms with Gasteiger partial charge >= 0.3 is 0 Å². The highest BCUT2D eigenvalue weighted by Crippen LogP contribution is 2.13. The Kier molecular flexibility index (Phi) is 2.78. The molecular weight excluding hydrogens is 270 g/mol. The van der Waals surface area contributed by atoms with Crippen LogP contribution in [0.5, 0.6) is 0 Å². The fourth-order valence-corrected chi connectivity index (χ4v) is 1.66. The molecule has 0 fully saturated rings. The van der Waals surface area contributed by atoms with Crippen molar-refractivity contribution in [3.05, 3.63) is 46.1 Å². The Labute approximate surface area is 101 Å². The molecule has 4 nitrogen and oxygen atoms in total. The maximum Gasteiger partial charge on any atom is 0.280 e. The first-order chi connectivity index (χ1) is 7.58. The van der Waals surface area contributed by atoms with Crippen LogP contribution in [0.15, 0.2) is 34.8 Å². The molecule has 0 saturated carbocycles. The first kappa shape index (κ1) is 10.9. The minimum atomic E-state index is -0.224. The second-order valence-electron chi connectivity index (χ2n) is 3.43. The van der Waals surface area contributed by atoms with Crippen molar-refractivity contribution in [1.82, 2.24) is 9.78 Å². The summed E-state index contributed by atoms with van der Waals surface area (Å²) >= 11 is 3.31. The lowest BCUT2D eigenvalue weighted by Gasteiger charge is -2.02. The lowest BCUT2D eigenvalue weighted by molar-refractivity contribution is 0.0947. The van der Waals surface area contributed by atoms with Gasteiger partial charge in [-0.15, -0.1) is 0 Å². The van der Waals surface area contributed by atoms with Crippen molar-refractivity contribution in [3.63, 3.8) is 0 Å². The Hall–Kier alpha value is -1.62. The molecule has 0 atom stereocenters. The van der Waals surface area contributed by atoms with E-state index in [2.05, 4.69) is 21.0 Å². The van der Waals surface area contributed by atoms with Gasteiger partial charge in [-0.05, 0) is 31.2 Å². The Bertz CT molecular complexity index is 531. The number of anilines is 1. The fourth-order valence-electron chi connectivity index (χ4n) is 1.40. The van der Waals surface area contributed by atoms with Gasteiger partial charge in [0.2, 0.25) is 0 Å². The predicted molar refractivity (Wildman–Crippen MR) is 65.2 cm³/mol. The molecule has 0 bridgehead atoms. The number of carbonyl (C=O) groups excluding carboxylic acids is 1. The van der Waals surface area contributed by atoms with E-state index < -0.39 is 0 Å². The monoisotopic (exact) mass is 279 g/mol. The molecule has 0 spiro atoms. The Balaban J connectivity index is 2.39. The van der Waals surface area contributed by atoms with Crippen LogP contribution in [0.3, 0.4) is 0 Å². The number of aryl methyl sites for hydroxylation is 1. The number of hydrogen-bond acceptors (Lipinski definition) is 3. The predicted octanol–water partition coefficient (Wildman–Crippen LogP) is 2.22. The molecule has 1 aromatic heterocycles. The molecule has 82 valence electrons. The number of hydrogen-bond donors (Lipinski definition) is 1. The highest BCUT2D eigenvalue weighted by molar-refractivity contribution is 9.10. The van der Waals surface area contributed by atoms with Gasteiger partial charge in [0.25, 0.3) is 5.91 Å². The minimum Gasteiger partial charge on any atom is -0.383 e. The Morgan fingerprint density at radius 1 is 1.38 bits per heavy atom. The van der Waals surface area contributed by atoms with E-state index in [-0.39, 0.29) is 5.91 Å². The minimum absolute atomic E-state index is 0.224. The average molecular weight is 280 g/mol. The molecule has 0 saturated heterocycles. The van der Waals surface area contributed by atoms with Crippen LogP contribution in [0, 0.1) is 6.92 Å². The first-order valence-corrected chi connectivity index (χ1v) is 5.49. The van der Waals surface area contributed by atoms with Crippen molar-refractivity contribution in [3.8, 4) is 0 Å². The molecule has 16 heavy (non-hydrogen) atoms. The van der Waals surface area contributed by atoms with Crippen molar-refractivity contribution in [2.24, 2.45) is 0 Å². The average Bonchev–Trinajstić information content (AvgIpc) is 2.58. The summed E-state index contributed by atoms with van der Waals surface area (Å²) in [6.07, 6.45) is 0. The highest BCUT2D eigenvalue weighted by Gasteiger charge is 2.12. The van der Waals surface area contributed by atoms with E-state index in [1.807, 2.05) is 0 Å². The molecule has 0 aliphatic rings. The van der Waals surface area contributed by atoms with Gasteiger partial charge in [0.1, 0.15) is 5.82 Å². The number of halogens is 1. The first-order valence-electron chi connectivity index (χ1n) is 4.70. The number of carbonyl (C=O) groups is 1. The summed E-state index contributed by atoms with van der Waals surface area (Å²) in [6.45, 7) is 1.79. The quantitative estimate of drug-likeness (QED) is 0.871. The number of rotatable bonds is 1. The highest BCUT2D eigenvalue weighted by atomic mass is 79.9. The Morgan fingerprint density at radius 3 is 2.50 bits per heavy atom. The smallest absolute Gasteiger partial charge is 0.280 e. The zero-order chi connectivity index (χ0) is 11.7. The zero-order valence-corrected chi connectivity index (χ0v) is 10.2. The molecular formula is C11H10BrN3O. The van der Waals surface area contributed by atoms with Crippen molar-refractivity contribution in [2.45, 2.75) is 6.92 Å². The fraction of sp³-hybridized carbons (Fsp3) is 0.0909. The summed E-state index contributed by atoms with van der Waals surface area (Å²) in [6, 6.07) is 8.72. The van der Waals surface area contributed by atoms with Crippen LogP contribution >= 0.6 is 15.9 Å². The second-order valence-corrected chi connectivity index (χ2v) is 4.35. The van der Waals surface area contributed by atoms with Crippen molar-refractivity contribution < 1.29 is 4.79 Å². The zero-order valence-electron chi connectivity index (χ0n) is 8.64. The van der Waals surface area contributed by atoms with E-state index in [0.29, 0.717) is 11.4 Å². The van der Waals surface area contributed by atoms with E-state index in [1.54, 1.807) is 37.3 Å². The molecule has 1 aromatic carbocycles. The molecule has 5 heteroatoms. The van der Waals surface area contributed by atoms with Crippen molar-refractivity contribution in [1.29, 1.82) is 0 Å². The van der Waals surface area contributed by atoms with Crippen LogP contribution in [-0.2, 0) is 0 Å². The van der Waals surface area contributed by atoms with E-state index in [0.717, 1.165) is 10.2 Å². The maximum atomic E-state index is 12.0. The SMILES string of the molecule is Cc1cc(N)n(C(=O)c2ccc(Br)cc2)n1. The summed E-state index contributed by atoms with van der Waals surface area (Å²) in [5.74, 6) is 0.128. The molecule has 0 amide bonds. The molecule has 0 unspecified atom stereocenters. The van der Waals surface area contributed by atoms with E-state index in [1.165, 1.54) is 4.68 Å². The van der Waals surface area contributed by atoms with E-state index in [9.17, 15) is 4.79 Å². The van der Waals surface area contributed by atoms with Gasteiger partial charge in [-0.2, -0.15) is 9.78 Å². The third-order valence-electron chi connectivity index (χ3n) is 2.14. The number of nitrogens with zero attached hydrogens (tertiary/aromatic N) is 2. The molecule has 2 rings (SSSR count). The summed E-state index contributed by atoms with van der Waals surface area (Å²) in [5.41, 5.74) is 6.96. The summed E-state index contributed by atoms with van der Waals surface area (Å²) in [4.78, 5) is 12.0. The number of benzene rings is 1. The Morgan fingerprint density at radius 2 is 2.00 bits per heavy atom. The van der Waals surface area contributed by atoms with Gasteiger partial charge in [-0.25, -0.2) is 0 Å². The van der Waals surface area contributed by atoms with Gasteiger partial charge < -0.3 is 5.73 Å². The summed E-state index contributed by atoms with van der Waals surface area (Å²) in [5, 5.41) is 4.04. The van der Waals surface area contributed by atoms with Gasteiger partial charge in [0, 0.05) is 16.1 Å². The molecule has 2 aromatic rings. The van der Waals surface area contributed by atoms with Gasteiger partial charge in [0.15, 0.2) is 0 Å². The van der Waals surface area contributed by atoms with Crippen molar-refractivity contribution >= 4 is 27.7 Å². The van der Waals surface area contributed by atoms with Crippen LogP contribution in [-0.4, -0.2) is 15.7 Å². The molecule has 0 radical (unpaired) electrons.